The fourth-order valence-corrected chi connectivity index (χ4v) is 4.51. The standard InChI is InChI=1S/C16H36NO4P/c1-9-10-20-22(16(5,6)7,17-15(2,3)4)21-14-13-19-12-11-18-8/h9-14H2,1-8H3. The molecule has 0 radical (unpaired) electrons. The number of hydrogen-bond acceptors (Lipinski definition) is 5. The Bertz CT molecular complexity index is 345. The van der Waals surface area contributed by atoms with Crippen molar-refractivity contribution in [1.82, 2.24) is 0 Å². The molecule has 1 atom stereocenters. The molecule has 0 aliphatic rings. The lowest BCUT2D eigenvalue weighted by molar-refractivity contribution is 0.0517. The van der Waals surface area contributed by atoms with Crippen LogP contribution in [0.15, 0.2) is 4.74 Å². The third-order valence-electron chi connectivity index (χ3n) is 2.68. The summed E-state index contributed by atoms with van der Waals surface area (Å²) in [5.41, 5.74) is -0.203. The first kappa shape index (κ1) is 22.1. The van der Waals surface area contributed by atoms with Crippen LogP contribution in [-0.4, -0.2) is 50.8 Å². The second-order valence-electron chi connectivity index (χ2n) is 7.23. The number of hydrogen-bond donors (Lipinski definition) is 0. The van der Waals surface area contributed by atoms with Crippen molar-refractivity contribution >= 4 is 7.51 Å². The zero-order valence-corrected chi connectivity index (χ0v) is 16.7. The van der Waals surface area contributed by atoms with Crippen LogP contribution in [0.5, 0.6) is 0 Å². The molecule has 0 aromatic carbocycles. The molecule has 0 N–H and O–H groups in total. The van der Waals surface area contributed by atoms with Gasteiger partial charge in [0, 0.05) is 12.3 Å². The van der Waals surface area contributed by atoms with E-state index in [2.05, 4.69) is 48.5 Å². The van der Waals surface area contributed by atoms with E-state index in [1.165, 1.54) is 0 Å². The molecular weight excluding hydrogens is 301 g/mol. The Balaban J connectivity index is 5.02. The maximum Gasteiger partial charge on any atom is 0.218 e. The van der Waals surface area contributed by atoms with Gasteiger partial charge in [-0.1, -0.05) is 27.7 Å². The summed E-state index contributed by atoms with van der Waals surface area (Å²) in [5, 5.41) is -0.165. The van der Waals surface area contributed by atoms with Gasteiger partial charge in [0.2, 0.25) is 7.51 Å². The van der Waals surface area contributed by atoms with Gasteiger partial charge < -0.3 is 18.5 Å². The van der Waals surface area contributed by atoms with Crippen molar-refractivity contribution in [1.29, 1.82) is 0 Å². The number of nitrogens with zero attached hydrogens (tertiary/aromatic N) is 1. The first-order valence-corrected chi connectivity index (χ1v) is 9.65. The van der Waals surface area contributed by atoms with Gasteiger partial charge >= 0.3 is 0 Å². The van der Waals surface area contributed by atoms with Crippen LogP contribution in [0.1, 0.15) is 54.9 Å². The van der Waals surface area contributed by atoms with E-state index >= 15 is 0 Å². The summed E-state index contributed by atoms with van der Waals surface area (Å²) in [6.07, 6.45) is 0.950. The van der Waals surface area contributed by atoms with E-state index in [4.69, 9.17) is 23.3 Å². The maximum atomic E-state index is 6.21. The molecule has 0 spiro atoms. The van der Waals surface area contributed by atoms with Crippen molar-refractivity contribution in [2.75, 3.05) is 40.1 Å². The van der Waals surface area contributed by atoms with E-state index in [0.717, 1.165) is 6.42 Å². The number of ether oxygens (including phenoxy) is 2. The third-order valence-corrected chi connectivity index (χ3v) is 6.30. The minimum Gasteiger partial charge on any atom is -0.382 e. The predicted molar refractivity (Wildman–Crippen MR) is 93.7 cm³/mol. The van der Waals surface area contributed by atoms with Crippen molar-refractivity contribution in [3.8, 4) is 0 Å². The maximum absolute atomic E-state index is 6.21. The van der Waals surface area contributed by atoms with Crippen LogP contribution in [0, 0.1) is 0 Å². The Kier molecular flexibility index (Phi) is 10.1. The summed E-state index contributed by atoms with van der Waals surface area (Å²) in [5.74, 6) is 0. The van der Waals surface area contributed by atoms with Crippen LogP contribution < -0.4 is 0 Å². The fourth-order valence-electron chi connectivity index (χ4n) is 1.71. The van der Waals surface area contributed by atoms with Gasteiger partial charge in [-0.3, -0.25) is 0 Å². The van der Waals surface area contributed by atoms with Gasteiger partial charge in [-0.2, -0.15) is 0 Å². The van der Waals surface area contributed by atoms with Crippen molar-refractivity contribution in [2.24, 2.45) is 4.74 Å². The quantitative estimate of drug-likeness (QED) is 0.427. The third kappa shape index (κ3) is 8.64. The van der Waals surface area contributed by atoms with Crippen molar-refractivity contribution < 1.29 is 18.5 Å². The highest BCUT2D eigenvalue weighted by molar-refractivity contribution is 7.58. The molecule has 0 aliphatic carbocycles. The molecule has 0 amide bonds. The molecule has 0 fully saturated rings. The normalized spacial score (nSPS) is 15.6. The monoisotopic (exact) mass is 337 g/mol. The molecule has 0 aromatic rings. The Morgan fingerprint density at radius 2 is 1.36 bits per heavy atom. The highest BCUT2D eigenvalue weighted by atomic mass is 31.2. The van der Waals surface area contributed by atoms with Crippen molar-refractivity contribution in [3.63, 3.8) is 0 Å². The first-order chi connectivity index (χ1) is 10.1. The summed E-state index contributed by atoms with van der Waals surface area (Å²) in [6, 6.07) is 0. The van der Waals surface area contributed by atoms with E-state index in [1.54, 1.807) is 7.11 Å². The Morgan fingerprint density at radius 1 is 0.818 bits per heavy atom. The van der Waals surface area contributed by atoms with Crippen LogP contribution in [0.3, 0.4) is 0 Å². The number of rotatable bonds is 10. The lowest BCUT2D eigenvalue weighted by Crippen LogP contribution is -2.24. The van der Waals surface area contributed by atoms with E-state index in [0.29, 0.717) is 33.0 Å². The van der Waals surface area contributed by atoms with Crippen molar-refractivity contribution in [3.05, 3.63) is 0 Å². The molecule has 5 nitrogen and oxygen atoms in total. The van der Waals surface area contributed by atoms with Crippen LogP contribution in [0.25, 0.3) is 0 Å². The highest BCUT2D eigenvalue weighted by Gasteiger charge is 2.38. The van der Waals surface area contributed by atoms with Gasteiger partial charge in [0.25, 0.3) is 0 Å². The molecule has 22 heavy (non-hydrogen) atoms. The summed E-state index contributed by atoms with van der Waals surface area (Å²) in [4.78, 5) is 0. The lowest BCUT2D eigenvalue weighted by atomic mass is 10.1. The van der Waals surface area contributed by atoms with Gasteiger partial charge in [-0.05, 0) is 27.2 Å². The molecule has 0 aliphatic heterocycles. The number of methoxy groups -OCH3 is 1. The van der Waals surface area contributed by atoms with Crippen LogP contribution in [-0.2, 0) is 18.5 Å². The fraction of sp³-hybridized carbons (Fsp3) is 1.00. The Hall–Kier alpha value is 0.0700. The topological polar surface area (TPSA) is 49.3 Å². The molecule has 0 saturated carbocycles. The first-order valence-electron chi connectivity index (χ1n) is 8.07. The lowest BCUT2D eigenvalue weighted by Gasteiger charge is -2.37. The van der Waals surface area contributed by atoms with Gasteiger partial charge in [0.1, 0.15) is 0 Å². The molecule has 134 valence electrons. The summed E-state index contributed by atoms with van der Waals surface area (Å²) >= 11 is 0. The molecule has 0 aromatic heterocycles. The van der Waals surface area contributed by atoms with Crippen LogP contribution >= 0.6 is 7.51 Å². The van der Waals surface area contributed by atoms with Gasteiger partial charge in [0.15, 0.2) is 0 Å². The SMILES string of the molecule is CCCOP(=NC(C)(C)C)(OCCOCCOC)C(C)(C)C. The van der Waals surface area contributed by atoms with Gasteiger partial charge in [-0.25, -0.2) is 4.74 Å². The van der Waals surface area contributed by atoms with E-state index in [9.17, 15) is 0 Å². The smallest absolute Gasteiger partial charge is 0.218 e. The van der Waals surface area contributed by atoms with Crippen LogP contribution in [0.2, 0.25) is 0 Å². The largest absolute Gasteiger partial charge is 0.382 e. The van der Waals surface area contributed by atoms with Crippen LogP contribution in [0.4, 0.5) is 0 Å². The summed E-state index contributed by atoms with van der Waals surface area (Å²) in [6.45, 7) is 17.6. The Labute approximate surface area is 137 Å². The average Bonchev–Trinajstić information content (AvgIpc) is 2.36. The minimum absolute atomic E-state index is 0.165. The van der Waals surface area contributed by atoms with Gasteiger partial charge in [-0.15, -0.1) is 0 Å². The second kappa shape index (κ2) is 10.0. The highest BCUT2D eigenvalue weighted by Crippen LogP contribution is 2.63. The average molecular weight is 337 g/mol. The van der Waals surface area contributed by atoms with E-state index in [1.807, 2.05) is 0 Å². The van der Waals surface area contributed by atoms with E-state index in [-0.39, 0.29) is 10.7 Å². The molecule has 0 rings (SSSR count). The molecule has 0 saturated heterocycles. The summed E-state index contributed by atoms with van der Waals surface area (Å²) < 4.78 is 27.8. The van der Waals surface area contributed by atoms with E-state index < -0.39 is 7.51 Å². The molecule has 1 unspecified atom stereocenters. The summed E-state index contributed by atoms with van der Waals surface area (Å²) in [7, 11) is -0.696. The Morgan fingerprint density at radius 3 is 1.82 bits per heavy atom. The molecule has 0 bridgehead atoms. The second-order valence-corrected chi connectivity index (χ2v) is 10.3. The molecule has 0 heterocycles. The zero-order valence-electron chi connectivity index (χ0n) is 15.8. The van der Waals surface area contributed by atoms with Gasteiger partial charge in [0.05, 0.1) is 38.6 Å². The molecule has 6 heteroatoms. The van der Waals surface area contributed by atoms with Crippen molar-refractivity contribution in [2.45, 2.75) is 65.6 Å². The predicted octanol–water partition coefficient (Wildman–Crippen LogP) is 4.72. The molecular formula is C16H36NO4P. The zero-order chi connectivity index (χ0) is 17.3. The minimum atomic E-state index is -2.36.